The van der Waals surface area contributed by atoms with Crippen LogP contribution in [0.1, 0.15) is 53.6 Å². The Kier molecular flexibility index (Phi) is 7.39. The lowest BCUT2D eigenvalue weighted by Gasteiger charge is -2.37. The van der Waals surface area contributed by atoms with E-state index in [-0.39, 0.29) is 16.6 Å². The Morgan fingerprint density at radius 3 is 2.47 bits per heavy atom. The summed E-state index contributed by atoms with van der Waals surface area (Å²) in [5, 5.41) is 0.801. The molecule has 0 bridgehead atoms. The van der Waals surface area contributed by atoms with Crippen molar-refractivity contribution in [3.63, 3.8) is 0 Å². The van der Waals surface area contributed by atoms with Gasteiger partial charge in [0.15, 0.2) is 9.84 Å². The third-order valence-corrected chi connectivity index (χ3v) is 9.46. The van der Waals surface area contributed by atoms with E-state index < -0.39 is 9.84 Å². The summed E-state index contributed by atoms with van der Waals surface area (Å²) in [6, 6.07) is 14.3. The molecular weight excluding hydrogens is 470 g/mol. The molecule has 0 N–H and O–H groups in total. The Hall–Kier alpha value is -2.77. The van der Waals surface area contributed by atoms with Gasteiger partial charge in [-0.15, -0.1) is 0 Å². The Morgan fingerprint density at radius 2 is 1.72 bits per heavy atom. The molecule has 2 aromatic carbocycles. The smallest absolute Gasteiger partial charge is 0.253 e. The van der Waals surface area contributed by atoms with Crippen LogP contribution in [0, 0.1) is 12.8 Å². The molecule has 5 rings (SSSR count). The van der Waals surface area contributed by atoms with Gasteiger partial charge in [-0.25, -0.2) is 8.42 Å². The van der Waals surface area contributed by atoms with E-state index in [4.69, 9.17) is 0 Å². The molecule has 1 saturated carbocycles. The number of para-hydroxylation sites is 1. The zero-order valence-corrected chi connectivity index (χ0v) is 21.8. The van der Waals surface area contributed by atoms with Crippen molar-refractivity contribution in [1.82, 2.24) is 14.8 Å². The third-order valence-electron chi connectivity index (χ3n) is 7.77. The summed E-state index contributed by atoms with van der Waals surface area (Å²) in [5.74, 6) is 0.725. The zero-order chi connectivity index (χ0) is 25.1. The number of rotatable bonds is 6. The maximum atomic E-state index is 13.3. The number of piperazine rings is 1. The number of sulfone groups is 1. The van der Waals surface area contributed by atoms with E-state index >= 15 is 0 Å². The first kappa shape index (κ1) is 24.9. The van der Waals surface area contributed by atoms with Gasteiger partial charge < -0.3 is 4.90 Å². The van der Waals surface area contributed by atoms with E-state index in [2.05, 4.69) is 9.88 Å². The minimum atomic E-state index is -3.60. The molecule has 0 spiro atoms. The Morgan fingerprint density at radius 1 is 0.972 bits per heavy atom. The SMILES string of the molecule is Cc1cc(C(=O)N2CCN(CC3CCCCC3)CC2)ccc1CS(=O)(=O)c1cccc2cccnc12. The number of amides is 1. The second-order valence-corrected chi connectivity index (χ2v) is 12.3. The van der Waals surface area contributed by atoms with Crippen LogP contribution < -0.4 is 0 Å². The van der Waals surface area contributed by atoms with Crippen LogP contribution in [0.2, 0.25) is 0 Å². The Bertz CT molecular complexity index is 1340. The zero-order valence-electron chi connectivity index (χ0n) is 21.0. The van der Waals surface area contributed by atoms with Crippen molar-refractivity contribution in [2.45, 2.75) is 49.7 Å². The largest absolute Gasteiger partial charge is 0.336 e. The quantitative estimate of drug-likeness (QED) is 0.479. The highest BCUT2D eigenvalue weighted by atomic mass is 32.2. The van der Waals surface area contributed by atoms with Crippen molar-refractivity contribution in [2.24, 2.45) is 5.92 Å². The molecule has 2 fully saturated rings. The number of hydrogen-bond donors (Lipinski definition) is 0. The van der Waals surface area contributed by atoms with Crippen LogP contribution in [-0.2, 0) is 15.6 Å². The fourth-order valence-electron chi connectivity index (χ4n) is 5.65. The first-order valence-electron chi connectivity index (χ1n) is 13.1. The minimum absolute atomic E-state index is 0.0306. The number of carbonyl (C=O) groups excluding carboxylic acids is 1. The van der Waals surface area contributed by atoms with E-state index in [0.29, 0.717) is 16.6 Å². The normalized spacial score (nSPS) is 18.0. The molecule has 0 unspecified atom stereocenters. The molecule has 1 aliphatic carbocycles. The van der Waals surface area contributed by atoms with Gasteiger partial charge in [-0.2, -0.15) is 0 Å². The summed E-state index contributed by atoms with van der Waals surface area (Å²) in [6.45, 7) is 6.39. The lowest BCUT2D eigenvalue weighted by molar-refractivity contribution is 0.0606. The molecule has 0 radical (unpaired) electrons. The van der Waals surface area contributed by atoms with Gasteiger partial charge in [0.25, 0.3) is 5.91 Å². The number of carbonyl (C=O) groups is 1. The first-order chi connectivity index (χ1) is 17.4. The van der Waals surface area contributed by atoms with Crippen LogP contribution in [0.15, 0.2) is 59.6 Å². The van der Waals surface area contributed by atoms with Crippen LogP contribution in [0.25, 0.3) is 10.9 Å². The number of hydrogen-bond acceptors (Lipinski definition) is 5. The summed E-state index contributed by atoms with van der Waals surface area (Å²) in [7, 11) is -3.60. The molecule has 1 aromatic heterocycles. The third kappa shape index (κ3) is 5.47. The van der Waals surface area contributed by atoms with Crippen molar-refractivity contribution in [2.75, 3.05) is 32.7 Å². The molecular formula is C29H35N3O3S. The van der Waals surface area contributed by atoms with Crippen molar-refractivity contribution in [3.8, 4) is 0 Å². The van der Waals surface area contributed by atoms with Gasteiger partial charge in [0, 0.05) is 49.9 Å². The standard InChI is InChI=1S/C29H35N3O3S/c1-22-19-25(29(33)32-17-15-31(16-18-32)20-23-7-3-2-4-8-23)12-13-26(22)21-36(34,35)27-11-5-9-24-10-6-14-30-28(24)27/h5-6,9-14,19,23H,2-4,7-8,15-18,20-21H2,1H3. The summed E-state index contributed by atoms with van der Waals surface area (Å²) >= 11 is 0. The topological polar surface area (TPSA) is 70.6 Å². The van der Waals surface area contributed by atoms with E-state index in [1.54, 1.807) is 36.5 Å². The Balaban J connectivity index is 1.24. The lowest BCUT2D eigenvalue weighted by Crippen LogP contribution is -2.49. The summed E-state index contributed by atoms with van der Waals surface area (Å²) in [6.07, 6.45) is 8.40. The predicted octanol–water partition coefficient (Wildman–Crippen LogP) is 4.86. The highest BCUT2D eigenvalue weighted by Gasteiger charge is 2.25. The fraction of sp³-hybridized carbons (Fsp3) is 0.448. The molecule has 2 aliphatic rings. The monoisotopic (exact) mass is 505 g/mol. The number of fused-ring (bicyclic) bond motifs is 1. The highest BCUT2D eigenvalue weighted by molar-refractivity contribution is 7.90. The summed E-state index contributed by atoms with van der Waals surface area (Å²) < 4.78 is 26.6. The molecule has 1 aliphatic heterocycles. The van der Waals surface area contributed by atoms with Gasteiger partial charge in [-0.3, -0.25) is 14.7 Å². The maximum Gasteiger partial charge on any atom is 0.253 e. The fourth-order valence-corrected chi connectivity index (χ4v) is 7.29. The van der Waals surface area contributed by atoms with Gasteiger partial charge in [-0.1, -0.05) is 43.5 Å². The van der Waals surface area contributed by atoms with E-state index in [1.807, 2.05) is 30.0 Å². The van der Waals surface area contributed by atoms with Crippen molar-refractivity contribution >= 4 is 26.6 Å². The minimum Gasteiger partial charge on any atom is -0.336 e. The van der Waals surface area contributed by atoms with Gasteiger partial charge in [0.1, 0.15) is 0 Å². The average molecular weight is 506 g/mol. The molecule has 1 saturated heterocycles. The van der Waals surface area contributed by atoms with Crippen LogP contribution >= 0.6 is 0 Å². The van der Waals surface area contributed by atoms with Crippen molar-refractivity contribution < 1.29 is 13.2 Å². The van der Waals surface area contributed by atoms with E-state index in [0.717, 1.165) is 49.6 Å². The second kappa shape index (κ2) is 10.7. The number of aryl methyl sites for hydroxylation is 1. The van der Waals surface area contributed by atoms with Gasteiger partial charge in [-0.05, 0) is 61.1 Å². The summed E-state index contributed by atoms with van der Waals surface area (Å²) in [4.78, 5) is 22.2. The molecule has 1 amide bonds. The van der Waals surface area contributed by atoms with E-state index in [1.165, 1.54) is 32.1 Å². The molecule has 0 atom stereocenters. The average Bonchev–Trinajstić information content (AvgIpc) is 2.90. The van der Waals surface area contributed by atoms with Crippen LogP contribution in [0.3, 0.4) is 0 Å². The number of pyridine rings is 1. The molecule has 7 heteroatoms. The predicted molar refractivity (Wildman–Crippen MR) is 143 cm³/mol. The van der Waals surface area contributed by atoms with Crippen LogP contribution in [0.4, 0.5) is 0 Å². The molecule has 2 heterocycles. The van der Waals surface area contributed by atoms with E-state index in [9.17, 15) is 13.2 Å². The van der Waals surface area contributed by atoms with Crippen molar-refractivity contribution in [1.29, 1.82) is 0 Å². The molecule has 36 heavy (non-hydrogen) atoms. The first-order valence-corrected chi connectivity index (χ1v) is 14.7. The van der Waals surface area contributed by atoms with Gasteiger partial charge in [0.2, 0.25) is 0 Å². The highest BCUT2D eigenvalue weighted by Crippen LogP contribution is 2.27. The molecule has 6 nitrogen and oxygen atoms in total. The van der Waals surface area contributed by atoms with Crippen LogP contribution in [-0.4, -0.2) is 61.8 Å². The number of nitrogens with zero attached hydrogens (tertiary/aromatic N) is 3. The van der Waals surface area contributed by atoms with Gasteiger partial charge in [0.05, 0.1) is 16.2 Å². The number of benzene rings is 2. The van der Waals surface area contributed by atoms with Gasteiger partial charge >= 0.3 is 0 Å². The Labute approximate surface area is 214 Å². The van der Waals surface area contributed by atoms with Crippen LogP contribution in [0.5, 0.6) is 0 Å². The number of aromatic nitrogens is 1. The molecule has 3 aromatic rings. The second-order valence-electron chi connectivity index (χ2n) is 10.3. The maximum absolute atomic E-state index is 13.3. The molecule has 190 valence electrons. The van der Waals surface area contributed by atoms with Crippen molar-refractivity contribution in [3.05, 3.63) is 71.4 Å². The summed E-state index contributed by atoms with van der Waals surface area (Å²) in [5.41, 5.74) is 2.64. The lowest BCUT2D eigenvalue weighted by atomic mass is 9.89.